The van der Waals surface area contributed by atoms with Crippen molar-refractivity contribution in [3.8, 4) is 5.75 Å². The lowest BCUT2D eigenvalue weighted by atomic mass is 10.1. The fourth-order valence-corrected chi connectivity index (χ4v) is 2.03. The Hall–Kier alpha value is -2.62. The molecule has 0 atom stereocenters. The number of nitrogens with zero attached hydrogens (tertiary/aromatic N) is 1. The van der Waals surface area contributed by atoms with Gasteiger partial charge in [0.05, 0.1) is 12.3 Å². The van der Waals surface area contributed by atoms with Crippen molar-refractivity contribution in [2.45, 2.75) is 20.3 Å². The third-order valence-corrected chi connectivity index (χ3v) is 3.16. The van der Waals surface area contributed by atoms with Crippen LogP contribution < -0.4 is 10.2 Å². The van der Waals surface area contributed by atoms with Gasteiger partial charge in [0.25, 0.3) is 5.91 Å². The van der Waals surface area contributed by atoms with E-state index in [9.17, 15) is 4.79 Å². The Morgan fingerprint density at radius 3 is 2.27 bits per heavy atom. The molecular weight excluding hydrogens is 276 g/mol. The summed E-state index contributed by atoms with van der Waals surface area (Å²) in [6.07, 6.45) is 0.744. The fraction of sp³-hybridized carbons (Fsp3) is 0.222. The molecule has 0 saturated carbocycles. The largest absolute Gasteiger partial charge is 0.494 e. The summed E-state index contributed by atoms with van der Waals surface area (Å²) in [4.78, 5) is 12.1. The minimum Gasteiger partial charge on any atom is -0.494 e. The Kier molecular flexibility index (Phi) is 5.72. The molecule has 4 heteroatoms. The molecule has 0 aliphatic heterocycles. The van der Waals surface area contributed by atoms with E-state index in [1.54, 1.807) is 24.3 Å². The molecule has 2 rings (SSSR count). The smallest absolute Gasteiger partial charge is 0.271 e. The van der Waals surface area contributed by atoms with Crippen LogP contribution in [0.5, 0.6) is 5.75 Å². The third kappa shape index (κ3) is 4.19. The summed E-state index contributed by atoms with van der Waals surface area (Å²) >= 11 is 0. The van der Waals surface area contributed by atoms with Crippen LogP contribution in [-0.2, 0) is 0 Å². The van der Waals surface area contributed by atoms with E-state index in [0.717, 1.165) is 23.4 Å². The number of hydrazone groups is 1. The number of hydrogen-bond acceptors (Lipinski definition) is 3. The molecule has 0 fully saturated rings. The number of rotatable bonds is 6. The number of carbonyl (C=O) groups is 1. The van der Waals surface area contributed by atoms with E-state index in [1.165, 1.54) is 0 Å². The number of hydrogen-bond donors (Lipinski definition) is 1. The molecule has 0 radical (unpaired) electrons. The SMILES string of the molecule is CCOc1ccc(C(=O)N/N=C(/CC)c2ccccc2)cc1. The van der Waals surface area contributed by atoms with Crippen molar-refractivity contribution in [1.29, 1.82) is 0 Å². The van der Waals surface area contributed by atoms with Gasteiger partial charge in [-0.3, -0.25) is 4.79 Å². The van der Waals surface area contributed by atoms with Gasteiger partial charge in [-0.25, -0.2) is 5.43 Å². The fourth-order valence-electron chi connectivity index (χ4n) is 2.03. The van der Waals surface area contributed by atoms with E-state index in [1.807, 2.05) is 44.2 Å². The van der Waals surface area contributed by atoms with Gasteiger partial charge in [-0.1, -0.05) is 37.3 Å². The van der Waals surface area contributed by atoms with Gasteiger partial charge in [0.15, 0.2) is 0 Å². The van der Waals surface area contributed by atoms with Crippen molar-refractivity contribution in [3.05, 3.63) is 65.7 Å². The lowest BCUT2D eigenvalue weighted by Crippen LogP contribution is -2.19. The molecule has 0 saturated heterocycles. The maximum Gasteiger partial charge on any atom is 0.271 e. The molecule has 4 nitrogen and oxygen atoms in total. The summed E-state index contributed by atoms with van der Waals surface area (Å²) in [5, 5.41) is 4.23. The van der Waals surface area contributed by atoms with Crippen molar-refractivity contribution in [1.82, 2.24) is 5.43 Å². The molecule has 114 valence electrons. The second kappa shape index (κ2) is 7.98. The first-order valence-corrected chi connectivity index (χ1v) is 7.39. The predicted molar refractivity (Wildman–Crippen MR) is 88.3 cm³/mol. The standard InChI is InChI=1S/C18H20N2O2/c1-3-17(14-8-6-5-7-9-14)19-20-18(21)15-10-12-16(13-11-15)22-4-2/h5-13H,3-4H2,1-2H3,(H,20,21)/b19-17-. The molecule has 1 N–H and O–H groups in total. The van der Waals surface area contributed by atoms with Crippen molar-refractivity contribution < 1.29 is 9.53 Å². The molecule has 2 aromatic rings. The molecule has 0 spiro atoms. The van der Waals surface area contributed by atoms with Crippen LogP contribution in [-0.4, -0.2) is 18.2 Å². The van der Waals surface area contributed by atoms with E-state index < -0.39 is 0 Å². The molecule has 0 aromatic heterocycles. The predicted octanol–water partition coefficient (Wildman–Crippen LogP) is 3.63. The highest BCUT2D eigenvalue weighted by atomic mass is 16.5. The number of benzene rings is 2. The minimum atomic E-state index is -0.232. The van der Waals surface area contributed by atoms with E-state index in [-0.39, 0.29) is 5.91 Å². The van der Waals surface area contributed by atoms with E-state index >= 15 is 0 Å². The Labute approximate surface area is 130 Å². The lowest BCUT2D eigenvalue weighted by molar-refractivity contribution is 0.0955. The second-order valence-electron chi connectivity index (χ2n) is 4.68. The lowest BCUT2D eigenvalue weighted by Gasteiger charge is -2.06. The normalized spacial score (nSPS) is 11.1. The molecule has 1 amide bonds. The number of nitrogens with one attached hydrogen (secondary N) is 1. The zero-order valence-corrected chi connectivity index (χ0v) is 12.9. The maximum absolute atomic E-state index is 12.1. The topological polar surface area (TPSA) is 50.7 Å². The molecule has 2 aromatic carbocycles. The molecule has 0 unspecified atom stereocenters. The molecular formula is C18H20N2O2. The molecule has 0 bridgehead atoms. The average molecular weight is 296 g/mol. The Balaban J connectivity index is 2.06. The van der Waals surface area contributed by atoms with Crippen molar-refractivity contribution in [2.24, 2.45) is 5.10 Å². The van der Waals surface area contributed by atoms with Gasteiger partial charge in [-0.2, -0.15) is 5.10 Å². The Morgan fingerprint density at radius 2 is 1.68 bits per heavy atom. The minimum absolute atomic E-state index is 0.232. The first kappa shape index (κ1) is 15.8. The number of ether oxygens (including phenoxy) is 1. The van der Waals surface area contributed by atoms with Crippen molar-refractivity contribution >= 4 is 11.6 Å². The summed E-state index contributed by atoms with van der Waals surface area (Å²) < 4.78 is 5.35. The zero-order valence-electron chi connectivity index (χ0n) is 12.9. The molecule has 0 aliphatic carbocycles. The van der Waals surface area contributed by atoms with Crippen LogP contribution in [0.25, 0.3) is 0 Å². The van der Waals surface area contributed by atoms with Crippen LogP contribution in [0.15, 0.2) is 59.7 Å². The highest BCUT2D eigenvalue weighted by Gasteiger charge is 2.06. The van der Waals surface area contributed by atoms with Crippen LogP contribution in [0, 0.1) is 0 Å². The van der Waals surface area contributed by atoms with Gasteiger partial charge in [0.1, 0.15) is 5.75 Å². The Morgan fingerprint density at radius 1 is 1.00 bits per heavy atom. The maximum atomic E-state index is 12.1. The van der Waals surface area contributed by atoms with Gasteiger partial charge >= 0.3 is 0 Å². The van der Waals surface area contributed by atoms with Gasteiger partial charge in [0.2, 0.25) is 0 Å². The van der Waals surface area contributed by atoms with Crippen molar-refractivity contribution in [2.75, 3.05) is 6.61 Å². The number of carbonyl (C=O) groups excluding carboxylic acids is 1. The first-order valence-electron chi connectivity index (χ1n) is 7.39. The summed E-state index contributed by atoms with van der Waals surface area (Å²) in [7, 11) is 0. The van der Waals surface area contributed by atoms with Crippen molar-refractivity contribution in [3.63, 3.8) is 0 Å². The molecule has 0 aliphatic rings. The van der Waals surface area contributed by atoms with E-state index in [2.05, 4.69) is 10.5 Å². The highest BCUT2D eigenvalue weighted by molar-refractivity contribution is 6.02. The van der Waals surface area contributed by atoms with E-state index in [0.29, 0.717) is 12.2 Å². The summed E-state index contributed by atoms with van der Waals surface area (Å²) in [6, 6.07) is 16.8. The van der Waals surface area contributed by atoms with E-state index in [4.69, 9.17) is 4.74 Å². The van der Waals surface area contributed by atoms with Crippen LogP contribution in [0.4, 0.5) is 0 Å². The molecule has 0 heterocycles. The number of amides is 1. The summed E-state index contributed by atoms with van der Waals surface area (Å²) in [5.74, 6) is 0.519. The average Bonchev–Trinajstić information content (AvgIpc) is 2.57. The second-order valence-corrected chi connectivity index (χ2v) is 4.68. The van der Waals surface area contributed by atoms with Gasteiger partial charge in [0, 0.05) is 5.56 Å². The first-order chi connectivity index (χ1) is 10.7. The third-order valence-electron chi connectivity index (χ3n) is 3.16. The van der Waals surface area contributed by atoms with Crippen LogP contribution >= 0.6 is 0 Å². The van der Waals surface area contributed by atoms with Gasteiger partial charge in [-0.15, -0.1) is 0 Å². The summed E-state index contributed by atoms with van der Waals surface area (Å²) in [5.41, 5.74) is 5.02. The monoisotopic (exact) mass is 296 g/mol. The van der Waals surface area contributed by atoms with Crippen LogP contribution in [0.3, 0.4) is 0 Å². The summed E-state index contributed by atoms with van der Waals surface area (Å²) in [6.45, 7) is 4.53. The Bertz CT molecular complexity index is 634. The van der Waals surface area contributed by atoms with Gasteiger partial charge < -0.3 is 4.74 Å². The van der Waals surface area contributed by atoms with Gasteiger partial charge in [-0.05, 0) is 43.2 Å². The van der Waals surface area contributed by atoms with Crippen LogP contribution in [0.1, 0.15) is 36.2 Å². The highest BCUT2D eigenvalue weighted by Crippen LogP contribution is 2.12. The molecule has 22 heavy (non-hydrogen) atoms. The van der Waals surface area contributed by atoms with Crippen LogP contribution in [0.2, 0.25) is 0 Å². The zero-order chi connectivity index (χ0) is 15.8. The quantitative estimate of drug-likeness (QED) is 0.653.